The van der Waals surface area contributed by atoms with Crippen molar-refractivity contribution < 1.29 is 24.2 Å². The number of anilines is 1. The maximum atomic E-state index is 12.6. The number of aryl methyl sites for hydroxylation is 1. The number of amides is 2. The highest BCUT2D eigenvalue weighted by Crippen LogP contribution is 2.18. The van der Waals surface area contributed by atoms with Crippen LogP contribution in [0.1, 0.15) is 59.4 Å². The molecule has 1 aromatic rings. The van der Waals surface area contributed by atoms with Crippen molar-refractivity contribution in [3.8, 4) is 0 Å². The molecule has 0 saturated carbocycles. The van der Waals surface area contributed by atoms with Crippen molar-refractivity contribution in [1.82, 2.24) is 10.3 Å². The van der Waals surface area contributed by atoms with Crippen LogP contribution in [0, 0.1) is 12.8 Å². The summed E-state index contributed by atoms with van der Waals surface area (Å²) in [6.45, 7) is 11.3. The van der Waals surface area contributed by atoms with Crippen molar-refractivity contribution in [2.24, 2.45) is 5.92 Å². The van der Waals surface area contributed by atoms with Gasteiger partial charge in [-0.15, -0.1) is 0 Å². The van der Waals surface area contributed by atoms with Crippen molar-refractivity contribution in [2.75, 3.05) is 11.4 Å². The SMILES string of the molecule is Cc1ccnc(N(CCCC(=O)N[C@@H](CC(C)C)C(=O)O)C(=O)OC(C)(C)C)c1. The van der Waals surface area contributed by atoms with Crippen LogP contribution in [-0.2, 0) is 14.3 Å². The zero-order valence-corrected chi connectivity index (χ0v) is 18.2. The second-order valence-electron chi connectivity index (χ2n) is 8.51. The Morgan fingerprint density at radius 3 is 2.45 bits per heavy atom. The first kappa shape index (κ1) is 24.4. The molecule has 8 heteroatoms. The summed E-state index contributed by atoms with van der Waals surface area (Å²) in [4.78, 5) is 41.7. The van der Waals surface area contributed by atoms with E-state index in [1.165, 1.54) is 4.90 Å². The maximum absolute atomic E-state index is 12.6. The van der Waals surface area contributed by atoms with E-state index in [1.807, 2.05) is 26.8 Å². The second kappa shape index (κ2) is 10.8. The monoisotopic (exact) mass is 407 g/mol. The highest BCUT2D eigenvalue weighted by molar-refractivity contribution is 5.87. The largest absolute Gasteiger partial charge is 0.480 e. The number of carbonyl (C=O) groups excluding carboxylic acids is 2. The lowest BCUT2D eigenvalue weighted by atomic mass is 10.0. The van der Waals surface area contributed by atoms with Gasteiger partial charge in [0.2, 0.25) is 5.91 Å². The Morgan fingerprint density at radius 1 is 1.28 bits per heavy atom. The van der Waals surface area contributed by atoms with E-state index in [1.54, 1.807) is 33.0 Å². The third kappa shape index (κ3) is 9.40. The first-order chi connectivity index (χ1) is 13.4. The summed E-state index contributed by atoms with van der Waals surface area (Å²) in [6, 6.07) is 2.68. The zero-order chi connectivity index (χ0) is 22.2. The highest BCUT2D eigenvalue weighted by Gasteiger charge is 2.25. The van der Waals surface area contributed by atoms with Gasteiger partial charge in [0.15, 0.2) is 0 Å². The van der Waals surface area contributed by atoms with E-state index in [0.717, 1.165) is 5.56 Å². The summed E-state index contributed by atoms with van der Waals surface area (Å²) in [7, 11) is 0. The van der Waals surface area contributed by atoms with Gasteiger partial charge in [0, 0.05) is 19.2 Å². The zero-order valence-electron chi connectivity index (χ0n) is 18.2. The van der Waals surface area contributed by atoms with E-state index in [4.69, 9.17) is 4.74 Å². The van der Waals surface area contributed by atoms with Gasteiger partial charge in [0.1, 0.15) is 17.5 Å². The first-order valence-corrected chi connectivity index (χ1v) is 9.84. The number of aliphatic carboxylic acids is 1. The normalized spacial score (nSPS) is 12.4. The number of carboxylic acid groups (broad SMARTS) is 1. The molecule has 0 aliphatic carbocycles. The van der Waals surface area contributed by atoms with Crippen molar-refractivity contribution in [3.05, 3.63) is 23.9 Å². The van der Waals surface area contributed by atoms with Crippen molar-refractivity contribution in [3.63, 3.8) is 0 Å². The molecule has 0 fully saturated rings. The summed E-state index contributed by atoms with van der Waals surface area (Å²) in [5.74, 6) is -0.819. The fraction of sp³-hybridized carbons (Fsp3) is 0.619. The molecule has 0 saturated heterocycles. The molecule has 1 rings (SSSR count). The number of rotatable bonds is 9. The second-order valence-corrected chi connectivity index (χ2v) is 8.51. The topological polar surface area (TPSA) is 109 Å². The quantitative estimate of drug-likeness (QED) is 0.648. The fourth-order valence-electron chi connectivity index (χ4n) is 2.64. The van der Waals surface area contributed by atoms with Gasteiger partial charge in [0.05, 0.1) is 0 Å². The van der Waals surface area contributed by atoms with Gasteiger partial charge in [-0.05, 0) is 64.2 Å². The third-order valence-corrected chi connectivity index (χ3v) is 3.92. The molecule has 0 aliphatic heterocycles. The van der Waals surface area contributed by atoms with Gasteiger partial charge in [-0.25, -0.2) is 14.6 Å². The summed E-state index contributed by atoms with van der Waals surface area (Å²) in [6.07, 6.45) is 1.86. The molecule has 8 nitrogen and oxygen atoms in total. The van der Waals surface area contributed by atoms with E-state index in [-0.39, 0.29) is 24.8 Å². The summed E-state index contributed by atoms with van der Waals surface area (Å²) in [5.41, 5.74) is 0.279. The van der Waals surface area contributed by atoms with Crippen LogP contribution in [0.3, 0.4) is 0 Å². The Bertz CT molecular complexity index is 713. The number of hydrogen-bond acceptors (Lipinski definition) is 5. The van der Waals surface area contributed by atoms with Crippen LogP contribution < -0.4 is 10.2 Å². The van der Waals surface area contributed by atoms with Crippen molar-refractivity contribution >= 4 is 23.8 Å². The average molecular weight is 408 g/mol. The smallest absolute Gasteiger partial charge is 0.416 e. The molecule has 1 atom stereocenters. The molecule has 0 unspecified atom stereocenters. The minimum atomic E-state index is -1.05. The lowest BCUT2D eigenvalue weighted by Crippen LogP contribution is -2.42. The predicted octanol–water partition coefficient (Wildman–Crippen LogP) is 3.53. The maximum Gasteiger partial charge on any atom is 0.416 e. The summed E-state index contributed by atoms with van der Waals surface area (Å²) < 4.78 is 5.46. The lowest BCUT2D eigenvalue weighted by molar-refractivity contribution is -0.142. The van der Waals surface area contributed by atoms with E-state index in [9.17, 15) is 19.5 Å². The van der Waals surface area contributed by atoms with Crippen molar-refractivity contribution in [1.29, 1.82) is 0 Å². The van der Waals surface area contributed by atoms with E-state index in [2.05, 4.69) is 10.3 Å². The molecule has 2 amide bonds. The molecule has 0 bridgehead atoms. The molecular weight excluding hydrogens is 374 g/mol. The van der Waals surface area contributed by atoms with Crippen LogP contribution >= 0.6 is 0 Å². The number of ether oxygens (including phenoxy) is 1. The van der Waals surface area contributed by atoms with E-state index >= 15 is 0 Å². The standard InChI is InChI=1S/C21H33N3O5/c1-14(2)12-16(19(26)27)23-18(25)8-7-11-24(20(28)29-21(4,5)6)17-13-15(3)9-10-22-17/h9-10,13-14,16H,7-8,11-12H2,1-6H3,(H,23,25)(H,26,27)/t16-/m0/s1. The number of aromatic nitrogens is 1. The Balaban J connectivity index is 2.76. The van der Waals surface area contributed by atoms with Crippen LogP contribution in [0.2, 0.25) is 0 Å². The van der Waals surface area contributed by atoms with Crippen LogP contribution in [0.25, 0.3) is 0 Å². The number of nitrogens with one attached hydrogen (secondary N) is 1. The Kier molecular flexibility index (Phi) is 9.07. The molecule has 0 aliphatic rings. The minimum absolute atomic E-state index is 0.0903. The fourth-order valence-corrected chi connectivity index (χ4v) is 2.64. The third-order valence-electron chi connectivity index (χ3n) is 3.92. The van der Waals surface area contributed by atoms with Gasteiger partial charge in [-0.2, -0.15) is 0 Å². The van der Waals surface area contributed by atoms with Gasteiger partial charge in [-0.1, -0.05) is 13.8 Å². The van der Waals surface area contributed by atoms with Crippen LogP contribution in [0.4, 0.5) is 10.6 Å². The summed E-state index contributed by atoms with van der Waals surface area (Å²) in [5, 5.41) is 11.8. The molecule has 0 aromatic carbocycles. The Hall–Kier alpha value is -2.64. The highest BCUT2D eigenvalue weighted by atomic mass is 16.6. The van der Waals surface area contributed by atoms with Crippen LogP contribution in [0.5, 0.6) is 0 Å². The number of carboxylic acids is 1. The van der Waals surface area contributed by atoms with Gasteiger partial charge >= 0.3 is 12.1 Å². The number of carbonyl (C=O) groups is 3. The first-order valence-electron chi connectivity index (χ1n) is 9.84. The lowest BCUT2D eigenvalue weighted by Gasteiger charge is -2.27. The molecule has 29 heavy (non-hydrogen) atoms. The van der Waals surface area contributed by atoms with Gasteiger partial charge in [0.25, 0.3) is 0 Å². The molecule has 162 valence electrons. The van der Waals surface area contributed by atoms with Crippen molar-refractivity contribution in [2.45, 2.75) is 72.4 Å². The average Bonchev–Trinajstić information content (AvgIpc) is 2.56. The Morgan fingerprint density at radius 2 is 1.93 bits per heavy atom. The van der Waals surface area contributed by atoms with Crippen LogP contribution in [0.15, 0.2) is 18.3 Å². The minimum Gasteiger partial charge on any atom is -0.480 e. The van der Waals surface area contributed by atoms with Gasteiger partial charge < -0.3 is 15.2 Å². The van der Waals surface area contributed by atoms with Gasteiger partial charge in [-0.3, -0.25) is 9.69 Å². The predicted molar refractivity (Wildman–Crippen MR) is 111 cm³/mol. The van der Waals surface area contributed by atoms with Crippen LogP contribution in [-0.4, -0.2) is 46.2 Å². The van der Waals surface area contributed by atoms with E-state index < -0.39 is 23.7 Å². The van der Waals surface area contributed by atoms with E-state index in [0.29, 0.717) is 18.7 Å². The Labute approximate surface area is 172 Å². The molecule has 2 N–H and O–H groups in total. The number of pyridine rings is 1. The number of hydrogen-bond donors (Lipinski definition) is 2. The summed E-state index contributed by atoms with van der Waals surface area (Å²) >= 11 is 0. The molecule has 1 heterocycles. The molecular formula is C21H33N3O5. The number of nitrogens with zero attached hydrogens (tertiary/aromatic N) is 2. The molecule has 0 radical (unpaired) electrons. The molecule has 1 aromatic heterocycles. The molecule has 0 spiro atoms.